The monoisotopic (exact) mass is 233 g/mol. The van der Waals surface area contributed by atoms with Crippen LogP contribution in [0.4, 0.5) is 0 Å². The molecule has 2 aliphatic rings. The van der Waals surface area contributed by atoms with Crippen LogP contribution >= 0.6 is 0 Å². The highest BCUT2D eigenvalue weighted by Crippen LogP contribution is 2.59. The van der Waals surface area contributed by atoms with Crippen molar-refractivity contribution in [2.24, 2.45) is 17.3 Å². The Hall–Kier alpha value is -1.30. The van der Waals surface area contributed by atoms with E-state index in [-0.39, 0.29) is 18.3 Å². The van der Waals surface area contributed by atoms with E-state index in [1.54, 1.807) is 6.92 Å². The molecule has 0 radical (unpaired) electrons. The number of fused-ring (bicyclic) bond motifs is 1. The van der Waals surface area contributed by atoms with Crippen LogP contribution in [0, 0.1) is 28.6 Å². The van der Waals surface area contributed by atoms with E-state index in [1.165, 1.54) is 5.57 Å². The predicted molar refractivity (Wildman–Crippen MR) is 63.9 cm³/mol. The second kappa shape index (κ2) is 4.52. The molecule has 92 valence electrons. The molecule has 3 nitrogen and oxygen atoms in total. The number of nitriles is 1. The van der Waals surface area contributed by atoms with Crippen LogP contribution in [-0.4, -0.2) is 12.6 Å². The average molecular weight is 233 g/mol. The summed E-state index contributed by atoms with van der Waals surface area (Å²) >= 11 is 0. The van der Waals surface area contributed by atoms with Crippen molar-refractivity contribution in [2.45, 2.75) is 39.5 Å². The molecule has 2 aliphatic carbocycles. The minimum absolute atomic E-state index is 0.231. The lowest BCUT2D eigenvalue weighted by Crippen LogP contribution is -2.45. The number of ether oxygens (including phenoxy) is 1. The third-order valence-electron chi connectivity index (χ3n) is 4.15. The second-order valence-electron chi connectivity index (χ2n) is 5.12. The standard InChI is InChI=1S/C14H19NO2/c1-3-10-5-11-7-14(9-15,12(11)6-10)8-13(16)17-4-2/h6,11-12H,3-5,7-8H2,1-2H3/t11-,12-,14-/m1/s1. The molecule has 1 saturated carbocycles. The van der Waals surface area contributed by atoms with E-state index in [2.05, 4.69) is 19.1 Å². The topological polar surface area (TPSA) is 50.1 Å². The largest absolute Gasteiger partial charge is 0.466 e. The summed E-state index contributed by atoms with van der Waals surface area (Å²) in [5.41, 5.74) is 0.967. The Bertz CT molecular complexity index is 394. The number of hydrogen-bond donors (Lipinski definition) is 0. The molecule has 0 aromatic heterocycles. The summed E-state index contributed by atoms with van der Waals surface area (Å²) in [6.07, 6.45) is 5.52. The Labute approximate surface area is 102 Å². The smallest absolute Gasteiger partial charge is 0.307 e. The first-order valence-corrected chi connectivity index (χ1v) is 6.41. The Morgan fingerprint density at radius 1 is 1.65 bits per heavy atom. The fraction of sp³-hybridized carbons (Fsp3) is 0.714. The van der Waals surface area contributed by atoms with E-state index in [0.29, 0.717) is 12.5 Å². The molecule has 0 bridgehead atoms. The summed E-state index contributed by atoms with van der Waals surface area (Å²) in [7, 11) is 0. The summed E-state index contributed by atoms with van der Waals surface area (Å²) in [6, 6.07) is 2.37. The molecule has 3 atom stereocenters. The van der Waals surface area contributed by atoms with Crippen molar-refractivity contribution in [1.82, 2.24) is 0 Å². The van der Waals surface area contributed by atoms with Crippen LogP contribution in [0.3, 0.4) is 0 Å². The van der Waals surface area contributed by atoms with E-state index in [0.717, 1.165) is 19.3 Å². The third-order valence-corrected chi connectivity index (χ3v) is 4.15. The molecule has 0 amide bonds. The maximum absolute atomic E-state index is 11.6. The van der Waals surface area contributed by atoms with E-state index in [4.69, 9.17) is 4.74 Å². The normalized spacial score (nSPS) is 34.3. The average Bonchev–Trinajstić information content (AvgIpc) is 2.65. The van der Waals surface area contributed by atoms with Crippen LogP contribution in [0.2, 0.25) is 0 Å². The van der Waals surface area contributed by atoms with E-state index in [1.807, 2.05) is 0 Å². The first-order valence-electron chi connectivity index (χ1n) is 6.41. The van der Waals surface area contributed by atoms with Gasteiger partial charge in [0.25, 0.3) is 0 Å². The van der Waals surface area contributed by atoms with Crippen molar-refractivity contribution in [3.63, 3.8) is 0 Å². The first-order chi connectivity index (χ1) is 8.15. The first kappa shape index (κ1) is 12.2. The number of esters is 1. The second-order valence-corrected chi connectivity index (χ2v) is 5.12. The van der Waals surface area contributed by atoms with Crippen LogP contribution in [0.25, 0.3) is 0 Å². The predicted octanol–water partition coefficient (Wildman–Crippen LogP) is 2.83. The molecular weight excluding hydrogens is 214 g/mol. The molecule has 2 rings (SSSR count). The van der Waals surface area contributed by atoms with E-state index >= 15 is 0 Å². The van der Waals surface area contributed by atoms with E-state index < -0.39 is 5.41 Å². The van der Waals surface area contributed by atoms with Crippen molar-refractivity contribution in [3.8, 4) is 6.07 Å². The summed E-state index contributed by atoms with van der Waals surface area (Å²) in [5.74, 6) is 0.650. The number of nitrogens with zero attached hydrogens (tertiary/aromatic N) is 1. The Morgan fingerprint density at radius 2 is 2.41 bits per heavy atom. The molecule has 17 heavy (non-hydrogen) atoms. The van der Waals surface area contributed by atoms with Crippen LogP contribution in [0.5, 0.6) is 0 Å². The summed E-state index contributed by atoms with van der Waals surface area (Å²) in [4.78, 5) is 11.6. The molecule has 0 saturated heterocycles. The lowest BCUT2D eigenvalue weighted by Gasteiger charge is -2.46. The van der Waals surface area contributed by atoms with Gasteiger partial charge in [-0.1, -0.05) is 18.6 Å². The quantitative estimate of drug-likeness (QED) is 0.554. The third kappa shape index (κ3) is 1.97. The Balaban J connectivity index is 2.06. The van der Waals surface area contributed by atoms with Gasteiger partial charge in [-0.3, -0.25) is 4.79 Å². The van der Waals surface area contributed by atoms with Crippen LogP contribution < -0.4 is 0 Å². The minimum atomic E-state index is -0.478. The molecule has 0 heterocycles. The molecule has 0 spiro atoms. The highest BCUT2D eigenvalue weighted by molar-refractivity contribution is 5.71. The van der Waals surface area contributed by atoms with Crippen molar-refractivity contribution in [2.75, 3.05) is 6.61 Å². The van der Waals surface area contributed by atoms with Crippen LogP contribution in [0.15, 0.2) is 11.6 Å². The van der Waals surface area contributed by atoms with Gasteiger partial charge < -0.3 is 4.74 Å². The Morgan fingerprint density at radius 3 is 3.00 bits per heavy atom. The molecule has 0 aromatic rings. The SMILES string of the molecule is CCOC(=O)C[C@@]1(C#N)C[C@H]2CC(CC)=C[C@H]21. The van der Waals surface area contributed by atoms with Gasteiger partial charge in [-0.25, -0.2) is 0 Å². The Kier molecular flexibility index (Phi) is 3.24. The van der Waals surface area contributed by atoms with Gasteiger partial charge in [0, 0.05) is 0 Å². The van der Waals surface area contributed by atoms with Gasteiger partial charge in [-0.15, -0.1) is 0 Å². The molecule has 0 aliphatic heterocycles. The molecule has 0 N–H and O–H groups in total. The zero-order chi connectivity index (χ0) is 12.5. The van der Waals surface area contributed by atoms with Crippen molar-refractivity contribution in [1.29, 1.82) is 5.26 Å². The highest BCUT2D eigenvalue weighted by atomic mass is 16.5. The summed E-state index contributed by atoms with van der Waals surface area (Å²) in [6.45, 7) is 4.34. The van der Waals surface area contributed by atoms with Gasteiger partial charge >= 0.3 is 5.97 Å². The lowest BCUT2D eigenvalue weighted by molar-refractivity contribution is -0.148. The van der Waals surface area contributed by atoms with E-state index in [9.17, 15) is 10.1 Å². The number of hydrogen-bond acceptors (Lipinski definition) is 3. The molecule has 3 heteroatoms. The van der Waals surface area contributed by atoms with Crippen molar-refractivity contribution >= 4 is 5.97 Å². The molecule has 0 unspecified atom stereocenters. The van der Waals surface area contributed by atoms with Gasteiger partial charge in [0.15, 0.2) is 0 Å². The molecule has 0 aromatic carbocycles. The minimum Gasteiger partial charge on any atom is -0.466 e. The van der Waals surface area contributed by atoms with Gasteiger partial charge in [0.1, 0.15) is 0 Å². The maximum Gasteiger partial charge on any atom is 0.307 e. The van der Waals surface area contributed by atoms with Crippen molar-refractivity contribution < 1.29 is 9.53 Å². The molecule has 1 fully saturated rings. The maximum atomic E-state index is 11.6. The zero-order valence-corrected chi connectivity index (χ0v) is 10.5. The molecular formula is C14H19NO2. The van der Waals surface area contributed by atoms with Gasteiger partial charge in [0.2, 0.25) is 0 Å². The fourth-order valence-electron chi connectivity index (χ4n) is 3.26. The summed E-state index contributed by atoms with van der Waals surface area (Å²) < 4.78 is 4.97. The van der Waals surface area contributed by atoms with Crippen LogP contribution in [0.1, 0.15) is 39.5 Å². The number of carbonyl (C=O) groups is 1. The van der Waals surface area contributed by atoms with Gasteiger partial charge in [-0.2, -0.15) is 5.26 Å². The lowest BCUT2D eigenvalue weighted by atomic mass is 9.54. The highest BCUT2D eigenvalue weighted by Gasteiger charge is 2.56. The number of carbonyl (C=O) groups excluding carboxylic acids is 1. The van der Waals surface area contributed by atoms with Crippen LogP contribution in [-0.2, 0) is 9.53 Å². The summed E-state index contributed by atoms with van der Waals surface area (Å²) in [5, 5.41) is 9.37. The number of allylic oxidation sites excluding steroid dienone is 2. The van der Waals surface area contributed by atoms with Gasteiger partial charge in [0.05, 0.1) is 24.5 Å². The van der Waals surface area contributed by atoms with Crippen molar-refractivity contribution in [3.05, 3.63) is 11.6 Å². The number of rotatable bonds is 4. The van der Waals surface area contributed by atoms with Gasteiger partial charge in [-0.05, 0) is 38.0 Å². The zero-order valence-electron chi connectivity index (χ0n) is 10.5. The fourth-order valence-corrected chi connectivity index (χ4v) is 3.26.